The van der Waals surface area contributed by atoms with Gasteiger partial charge in [-0.15, -0.1) is 0 Å². The molecule has 0 amide bonds. The quantitative estimate of drug-likeness (QED) is 0.152. The van der Waals surface area contributed by atoms with Crippen molar-refractivity contribution in [2.75, 3.05) is 0 Å². The second-order valence-corrected chi connectivity index (χ2v) is 21.7. The maximum Gasteiger partial charge on any atom is 0.0707 e. The molecular weight excluding hydrogens is 897 g/mol. The summed E-state index contributed by atoms with van der Waals surface area (Å²) < 4.78 is 0. The lowest BCUT2D eigenvalue weighted by Gasteiger charge is -2.21. The van der Waals surface area contributed by atoms with Crippen molar-refractivity contribution >= 4 is 0 Å². The van der Waals surface area contributed by atoms with Gasteiger partial charge in [0.25, 0.3) is 0 Å². The predicted octanol–water partition coefficient (Wildman–Crippen LogP) is 18.8. The maximum absolute atomic E-state index is 5.29. The fourth-order valence-corrected chi connectivity index (χ4v) is 11.9. The Hall–Kier alpha value is -7.30. The first-order valence-electron chi connectivity index (χ1n) is 26.4. The Morgan fingerprint density at radius 1 is 0.189 bits per heavy atom. The molecule has 0 radical (unpaired) electrons. The van der Waals surface area contributed by atoms with Crippen LogP contribution in [0.15, 0.2) is 85.5 Å². The van der Waals surface area contributed by atoms with Crippen molar-refractivity contribution in [1.82, 2.24) is 19.9 Å². The van der Waals surface area contributed by atoms with Crippen molar-refractivity contribution in [2.24, 2.45) is 0 Å². The Labute approximate surface area is 442 Å². The average Bonchev–Trinajstić information content (AvgIpc) is 3.41. The second-order valence-electron chi connectivity index (χ2n) is 21.7. The molecule has 0 saturated carbocycles. The van der Waals surface area contributed by atoms with Crippen LogP contribution in [0.25, 0.3) is 89.5 Å². The van der Waals surface area contributed by atoms with E-state index in [2.05, 4.69) is 224 Å². The number of hydrogen-bond donors (Lipinski definition) is 0. The van der Waals surface area contributed by atoms with Crippen LogP contribution in [0.1, 0.15) is 111 Å². The molecule has 4 aromatic heterocycles. The summed E-state index contributed by atoms with van der Waals surface area (Å²) >= 11 is 0. The minimum absolute atomic E-state index is 0.983. The molecule has 4 heteroatoms. The Kier molecular flexibility index (Phi) is 13.6. The summed E-state index contributed by atoms with van der Waals surface area (Å²) in [6.07, 6.45) is 8.26. The summed E-state index contributed by atoms with van der Waals surface area (Å²) in [5.41, 5.74) is 43.4. The molecule has 374 valence electrons. The second kappa shape index (κ2) is 19.5. The van der Waals surface area contributed by atoms with Crippen LogP contribution < -0.4 is 0 Å². The van der Waals surface area contributed by atoms with E-state index in [0.717, 1.165) is 67.3 Å². The zero-order valence-corrected chi connectivity index (χ0v) is 47.9. The van der Waals surface area contributed by atoms with E-state index in [1.54, 1.807) is 0 Å². The van der Waals surface area contributed by atoms with Gasteiger partial charge in [-0.05, 0) is 308 Å². The lowest BCUT2D eigenvalue weighted by molar-refractivity contribution is 1.16. The molecule has 0 N–H and O–H groups in total. The van der Waals surface area contributed by atoms with Gasteiger partial charge in [0.05, 0.1) is 22.8 Å². The molecule has 0 atom stereocenters. The molecule has 4 heterocycles. The lowest BCUT2D eigenvalue weighted by Crippen LogP contribution is -2.01. The van der Waals surface area contributed by atoms with Gasteiger partial charge in [0.15, 0.2) is 0 Å². The number of benzene rings is 5. The largest absolute Gasteiger partial charge is 0.256 e. The van der Waals surface area contributed by atoms with Crippen LogP contribution in [-0.4, -0.2) is 19.9 Å². The molecular formula is C70H74N4. The van der Waals surface area contributed by atoms with Crippen molar-refractivity contribution in [1.29, 1.82) is 0 Å². The van der Waals surface area contributed by atoms with E-state index in [0.29, 0.717) is 0 Å². The van der Waals surface area contributed by atoms with E-state index in [-0.39, 0.29) is 0 Å². The summed E-state index contributed by atoms with van der Waals surface area (Å²) in [6, 6.07) is 22.5. The fourth-order valence-electron chi connectivity index (χ4n) is 11.9. The average molecular weight is 971 g/mol. The highest BCUT2D eigenvalue weighted by molar-refractivity contribution is 5.96. The van der Waals surface area contributed by atoms with Crippen LogP contribution in [0.4, 0.5) is 0 Å². The molecule has 0 aliphatic heterocycles. The van der Waals surface area contributed by atoms with Crippen LogP contribution in [0.3, 0.4) is 0 Å². The maximum atomic E-state index is 5.29. The van der Waals surface area contributed by atoms with E-state index < -0.39 is 0 Å². The molecule has 0 bridgehead atoms. The number of rotatable bonds is 8. The van der Waals surface area contributed by atoms with E-state index in [4.69, 9.17) is 19.9 Å². The molecule has 0 aliphatic carbocycles. The van der Waals surface area contributed by atoms with E-state index >= 15 is 0 Å². The van der Waals surface area contributed by atoms with Crippen LogP contribution in [0.2, 0.25) is 0 Å². The normalized spacial score (nSPS) is 11.5. The highest BCUT2D eigenvalue weighted by Crippen LogP contribution is 2.45. The Morgan fingerprint density at radius 3 is 0.473 bits per heavy atom. The van der Waals surface area contributed by atoms with Crippen LogP contribution in [0.5, 0.6) is 0 Å². The fraction of sp³-hybridized carbons (Fsp3) is 0.286. The van der Waals surface area contributed by atoms with Gasteiger partial charge >= 0.3 is 0 Å². The molecule has 5 aromatic carbocycles. The van der Waals surface area contributed by atoms with Crippen LogP contribution in [0, 0.1) is 138 Å². The zero-order chi connectivity index (χ0) is 53.5. The summed E-state index contributed by atoms with van der Waals surface area (Å²) in [4.78, 5) is 21.2. The molecule has 0 spiro atoms. The topological polar surface area (TPSA) is 51.6 Å². The zero-order valence-electron chi connectivity index (χ0n) is 47.9. The smallest absolute Gasteiger partial charge is 0.0707 e. The molecule has 0 aliphatic rings. The van der Waals surface area contributed by atoms with Gasteiger partial charge in [0.1, 0.15) is 0 Å². The molecule has 4 nitrogen and oxygen atoms in total. The van der Waals surface area contributed by atoms with Crippen molar-refractivity contribution in [3.63, 3.8) is 0 Å². The van der Waals surface area contributed by atoms with Crippen LogP contribution >= 0.6 is 0 Å². The van der Waals surface area contributed by atoms with E-state index in [1.807, 2.05) is 0 Å². The van der Waals surface area contributed by atoms with Gasteiger partial charge in [0.2, 0.25) is 0 Å². The molecule has 0 saturated heterocycles. The monoisotopic (exact) mass is 971 g/mol. The van der Waals surface area contributed by atoms with Gasteiger partial charge in [-0.25, -0.2) is 0 Å². The highest BCUT2D eigenvalue weighted by Gasteiger charge is 2.23. The summed E-state index contributed by atoms with van der Waals surface area (Å²) in [7, 11) is 0. The van der Waals surface area contributed by atoms with Gasteiger partial charge in [-0.2, -0.15) is 0 Å². The van der Waals surface area contributed by atoms with Crippen molar-refractivity contribution < 1.29 is 0 Å². The SMILES string of the molecule is Cc1c(C)c(C)c(-c2ccc(-c3cc(-c4ccc(-c5c(C)c(C)c(C)c(C)c5C)nc4)c(-c4ccc(-c5c(C)c(C)c(C)c(C)c5C)nc4)cc3-c3ccc(-c4c(C)c(C)c(C)c(C)c4C)nc3)cn2)c(C)c1C. The number of aromatic nitrogens is 4. The first-order chi connectivity index (χ1) is 35.0. The standard InChI is InChI=1S/C70H74N4/c1-35-39(5)47(13)67(48(14)40(35)6)63-25-21-55(31-71-63)59-29-61(57-23-27-65(73-33-57)69-51(17)43(9)37(3)44(10)52(69)18)62(58-24-28-66(74-34-58)70-53(19)45(11)38(4)46(12)54(70)20)30-60(59)56-22-26-64(72-32-56)68-49(15)41(7)36(2)42(8)50(68)16/h21-34H,1-20H3. The Morgan fingerprint density at radius 2 is 0.338 bits per heavy atom. The van der Waals surface area contributed by atoms with Gasteiger partial charge in [0, 0.05) is 69.3 Å². The Bertz CT molecular complexity index is 3140. The molecule has 9 aromatic rings. The summed E-state index contributed by atoms with van der Waals surface area (Å²) in [6.45, 7) is 44.6. The molecule has 74 heavy (non-hydrogen) atoms. The van der Waals surface area contributed by atoms with Gasteiger partial charge < -0.3 is 0 Å². The summed E-state index contributed by atoms with van der Waals surface area (Å²) in [5, 5.41) is 0. The molecule has 9 rings (SSSR count). The predicted molar refractivity (Wildman–Crippen MR) is 316 cm³/mol. The van der Waals surface area contributed by atoms with Gasteiger partial charge in [-0.3, -0.25) is 19.9 Å². The molecule has 0 fully saturated rings. The number of pyridine rings is 4. The van der Waals surface area contributed by atoms with Crippen molar-refractivity contribution in [3.05, 3.63) is 197 Å². The highest BCUT2D eigenvalue weighted by atomic mass is 14.7. The third-order valence-corrected chi connectivity index (χ3v) is 18.5. The van der Waals surface area contributed by atoms with E-state index in [9.17, 15) is 0 Å². The molecule has 0 unspecified atom stereocenters. The first-order valence-corrected chi connectivity index (χ1v) is 26.4. The number of hydrogen-bond acceptors (Lipinski definition) is 4. The minimum Gasteiger partial charge on any atom is -0.256 e. The van der Waals surface area contributed by atoms with Crippen molar-refractivity contribution in [2.45, 2.75) is 138 Å². The first kappa shape index (κ1) is 51.6. The third kappa shape index (κ3) is 8.41. The van der Waals surface area contributed by atoms with E-state index in [1.165, 1.54) is 134 Å². The van der Waals surface area contributed by atoms with Gasteiger partial charge in [-0.1, -0.05) is 24.3 Å². The van der Waals surface area contributed by atoms with Crippen LogP contribution in [-0.2, 0) is 0 Å². The third-order valence-electron chi connectivity index (χ3n) is 18.5. The lowest BCUT2D eigenvalue weighted by atomic mass is 9.85. The minimum atomic E-state index is 0.983. The Balaban J connectivity index is 1.29. The number of nitrogens with zero attached hydrogens (tertiary/aromatic N) is 4. The van der Waals surface area contributed by atoms with Crippen molar-refractivity contribution in [3.8, 4) is 89.5 Å². The summed E-state index contributed by atoms with van der Waals surface area (Å²) in [5.74, 6) is 0.